The molecule has 0 aliphatic heterocycles. The zero-order chi connectivity index (χ0) is 13.2. The molecule has 100 valence electrons. The molecule has 1 aromatic carbocycles. The molecule has 2 atom stereocenters. The lowest BCUT2D eigenvalue weighted by atomic mass is 9.91. The minimum absolute atomic E-state index is 0.175. The van der Waals surface area contributed by atoms with Crippen LogP contribution in [0.25, 0.3) is 0 Å². The first-order valence-corrected chi connectivity index (χ1v) is 7.15. The van der Waals surface area contributed by atoms with Crippen LogP contribution in [0.1, 0.15) is 57.1 Å². The van der Waals surface area contributed by atoms with Crippen molar-refractivity contribution in [3.63, 3.8) is 0 Å². The summed E-state index contributed by atoms with van der Waals surface area (Å²) in [4.78, 5) is 0. The van der Waals surface area contributed by atoms with Crippen LogP contribution < -0.4 is 0 Å². The van der Waals surface area contributed by atoms with Crippen molar-refractivity contribution in [1.82, 2.24) is 0 Å². The van der Waals surface area contributed by atoms with Gasteiger partial charge in [-0.05, 0) is 12.0 Å². The van der Waals surface area contributed by atoms with E-state index < -0.39 is 6.10 Å². The molecule has 0 saturated carbocycles. The minimum Gasteiger partial charge on any atom is -0.388 e. The van der Waals surface area contributed by atoms with E-state index in [0.29, 0.717) is 0 Å². The standard InChI is InChI=1S/C17H26O/c1-3-5-6-7-9-12-15(4-2)17(18)16-13-10-8-11-14-16/h4,8,10-11,13-15,17-18H,2-3,5-7,9,12H2,1H3/t15-,17-/m1/s1. The Labute approximate surface area is 112 Å². The molecule has 0 spiro atoms. The van der Waals surface area contributed by atoms with Crippen LogP contribution >= 0.6 is 0 Å². The summed E-state index contributed by atoms with van der Waals surface area (Å²) in [5.74, 6) is 0.175. The third-order valence-electron chi connectivity index (χ3n) is 3.49. The zero-order valence-corrected chi connectivity index (χ0v) is 11.5. The Hall–Kier alpha value is -1.08. The Kier molecular flexibility index (Phi) is 7.43. The molecule has 0 saturated heterocycles. The largest absolute Gasteiger partial charge is 0.388 e. The van der Waals surface area contributed by atoms with E-state index in [2.05, 4.69) is 13.5 Å². The van der Waals surface area contributed by atoms with Crippen LogP contribution in [0.3, 0.4) is 0 Å². The van der Waals surface area contributed by atoms with Gasteiger partial charge in [-0.25, -0.2) is 0 Å². The number of rotatable bonds is 9. The van der Waals surface area contributed by atoms with E-state index in [1.54, 1.807) is 0 Å². The van der Waals surface area contributed by atoms with Crippen LogP contribution in [-0.4, -0.2) is 5.11 Å². The molecule has 0 unspecified atom stereocenters. The Morgan fingerprint density at radius 2 is 1.78 bits per heavy atom. The van der Waals surface area contributed by atoms with Crippen molar-refractivity contribution in [1.29, 1.82) is 0 Å². The van der Waals surface area contributed by atoms with E-state index >= 15 is 0 Å². The number of aliphatic hydroxyl groups is 1. The fraction of sp³-hybridized carbons (Fsp3) is 0.529. The van der Waals surface area contributed by atoms with Gasteiger partial charge in [0.25, 0.3) is 0 Å². The highest BCUT2D eigenvalue weighted by molar-refractivity contribution is 5.19. The maximum atomic E-state index is 10.3. The van der Waals surface area contributed by atoms with Crippen LogP contribution in [-0.2, 0) is 0 Å². The van der Waals surface area contributed by atoms with Crippen molar-refractivity contribution in [3.8, 4) is 0 Å². The van der Waals surface area contributed by atoms with Crippen LogP contribution in [0.5, 0.6) is 0 Å². The van der Waals surface area contributed by atoms with Crippen molar-refractivity contribution in [2.24, 2.45) is 5.92 Å². The molecule has 0 fully saturated rings. The summed E-state index contributed by atoms with van der Waals surface area (Å²) in [6.07, 6.45) is 8.87. The fourth-order valence-corrected chi connectivity index (χ4v) is 2.29. The van der Waals surface area contributed by atoms with Crippen molar-refractivity contribution < 1.29 is 5.11 Å². The van der Waals surface area contributed by atoms with Crippen molar-refractivity contribution >= 4 is 0 Å². The summed E-state index contributed by atoms with van der Waals surface area (Å²) in [5.41, 5.74) is 0.996. The van der Waals surface area contributed by atoms with Gasteiger partial charge in [-0.3, -0.25) is 0 Å². The predicted octanol–water partition coefficient (Wildman–Crippen LogP) is 4.88. The number of benzene rings is 1. The second-order valence-corrected chi connectivity index (χ2v) is 4.96. The van der Waals surface area contributed by atoms with Gasteiger partial charge in [0, 0.05) is 5.92 Å². The molecule has 1 nitrogen and oxygen atoms in total. The fourth-order valence-electron chi connectivity index (χ4n) is 2.29. The van der Waals surface area contributed by atoms with Gasteiger partial charge in [0.05, 0.1) is 6.10 Å². The molecular formula is C17H26O. The van der Waals surface area contributed by atoms with Gasteiger partial charge >= 0.3 is 0 Å². The summed E-state index contributed by atoms with van der Waals surface area (Å²) in [5, 5.41) is 10.3. The smallest absolute Gasteiger partial charge is 0.0852 e. The number of hydrogen-bond acceptors (Lipinski definition) is 1. The van der Waals surface area contributed by atoms with Crippen LogP contribution in [0.2, 0.25) is 0 Å². The lowest BCUT2D eigenvalue weighted by molar-refractivity contribution is 0.125. The Bertz CT molecular complexity index is 318. The van der Waals surface area contributed by atoms with E-state index in [1.807, 2.05) is 36.4 Å². The highest BCUT2D eigenvalue weighted by Gasteiger charge is 2.16. The van der Waals surface area contributed by atoms with Crippen molar-refractivity contribution in [3.05, 3.63) is 48.6 Å². The number of unbranched alkanes of at least 4 members (excludes halogenated alkanes) is 4. The molecule has 18 heavy (non-hydrogen) atoms. The average Bonchev–Trinajstić information content (AvgIpc) is 2.43. The van der Waals surface area contributed by atoms with E-state index in [1.165, 1.54) is 32.1 Å². The summed E-state index contributed by atoms with van der Waals surface area (Å²) >= 11 is 0. The molecule has 1 rings (SSSR count). The molecule has 0 radical (unpaired) electrons. The second-order valence-electron chi connectivity index (χ2n) is 4.96. The molecule has 0 aliphatic rings. The molecule has 0 bridgehead atoms. The Morgan fingerprint density at radius 1 is 1.11 bits per heavy atom. The zero-order valence-electron chi connectivity index (χ0n) is 11.5. The Morgan fingerprint density at radius 3 is 2.39 bits per heavy atom. The molecule has 0 amide bonds. The predicted molar refractivity (Wildman–Crippen MR) is 78.5 cm³/mol. The maximum absolute atomic E-state index is 10.3. The van der Waals surface area contributed by atoms with Gasteiger partial charge in [0.15, 0.2) is 0 Å². The lowest BCUT2D eigenvalue weighted by Gasteiger charge is -2.20. The highest BCUT2D eigenvalue weighted by Crippen LogP contribution is 2.27. The van der Waals surface area contributed by atoms with E-state index in [4.69, 9.17) is 0 Å². The van der Waals surface area contributed by atoms with E-state index in [-0.39, 0.29) is 5.92 Å². The first-order valence-electron chi connectivity index (χ1n) is 7.15. The lowest BCUT2D eigenvalue weighted by Crippen LogP contribution is -2.10. The SMILES string of the molecule is C=C[C@H](CCCCCCC)[C@@H](O)c1ccccc1. The van der Waals surface area contributed by atoms with E-state index in [9.17, 15) is 5.11 Å². The van der Waals surface area contributed by atoms with Crippen LogP contribution in [0.4, 0.5) is 0 Å². The number of aliphatic hydroxyl groups excluding tert-OH is 1. The quantitative estimate of drug-likeness (QED) is 0.486. The van der Waals surface area contributed by atoms with E-state index in [0.717, 1.165) is 12.0 Å². The topological polar surface area (TPSA) is 20.2 Å². The molecule has 0 heterocycles. The average molecular weight is 246 g/mol. The molecule has 0 aliphatic carbocycles. The summed E-state index contributed by atoms with van der Waals surface area (Å²) in [6.45, 7) is 6.09. The van der Waals surface area contributed by atoms with Gasteiger partial charge in [0.1, 0.15) is 0 Å². The van der Waals surface area contributed by atoms with Gasteiger partial charge < -0.3 is 5.11 Å². The van der Waals surface area contributed by atoms with Crippen LogP contribution in [0, 0.1) is 5.92 Å². The normalized spacial score (nSPS) is 14.1. The third kappa shape index (κ3) is 5.05. The highest BCUT2D eigenvalue weighted by atomic mass is 16.3. The molecule has 0 aromatic heterocycles. The van der Waals surface area contributed by atoms with Gasteiger partial charge in [-0.1, -0.05) is 75.4 Å². The Balaban J connectivity index is 2.38. The molecule has 1 N–H and O–H groups in total. The first kappa shape index (κ1) is 15.0. The maximum Gasteiger partial charge on any atom is 0.0852 e. The van der Waals surface area contributed by atoms with Crippen molar-refractivity contribution in [2.45, 2.75) is 51.6 Å². The van der Waals surface area contributed by atoms with Crippen LogP contribution in [0.15, 0.2) is 43.0 Å². The molecule has 1 heteroatoms. The molecule has 1 aromatic rings. The molecular weight excluding hydrogens is 220 g/mol. The third-order valence-corrected chi connectivity index (χ3v) is 3.49. The minimum atomic E-state index is -0.408. The van der Waals surface area contributed by atoms with Gasteiger partial charge in [0.2, 0.25) is 0 Å². The number of hydrogen-bond donors (Lipinski definition) is 1. The van der Waals surface area contributed by atoms with Crippen molar-refractivity contribution in [2.75, 3.05) is 0 Å². The first-order chi connectivity index (χ1) is 8.79. The van der Waals surface area contributed by atoms with Gasteiger partial charge in [-0.15, -0.1) is 6.58 Å². The summed E-state index contributed by atoms with van der Waals surface area (Å²) in [6, 6.07) is 9.89. The van der Waals surface area contributed by atoms with Gasteiger partial charge in [-0.2, -0.15) is 0 Å². The summed E-state index contributed by atoms with van der Waals surface area (Å²) < 4.78 is 0. The summed E-state index contributed by atoms with van der Waals surface area (Å²) in [7, 11) is 0. The second kappa shape index (κ2) is 8.93. The monoisotopic (exact) mass is 246 g/mol.